The van der Waals surface area contributed by atoms with E-state index in [1.165, 1.54) is 12.1 Å². The lowest BCUT2D eigenvalue weighted by atomic mass is 10.1. The number of halogens is 3. The van der Waals surface area contributed by atoms with Crippen LogP contribution in [0.25, 0.3) is 0 Å². The average molecular weight is 375 g/mol. The van der Waals surface area contributed by atoms with Crippen molar-refractivity contribution >= 4 is 31.9 Å². The smallest absolute Gasteiger partial charge is 0.265 e. The molecule has 0 saturated carbocycles. The van der Waals surface area contributed by atoms with Crippen molar-refractivity contribution < 1.29 is 4.39 Å². The Bertz CT molecular complexity index is 652. The minimum atomic E-state index is -0.265. The van der Waals surface area contributed by atoms with Crippen molar-refractivity contribution in [1.29, 1.82) is 0 Å². The fourth-order valence-electron chi connectivity index (χ4n) is 1.70. The van der Waals surface area contributed by atoms with Gasteiger partial charge >= 0.3 is 0 Å². The Hall–Kier alpha value is -0.940. The Morgan fingerprint density at radius 2 is 2.00 bits per heavy atom. The molecule has 0 bridgehead atoms. The summed E-state index contributed by atoms with van der Waals surface area (Å²) in [6, 6.07) is 6.27. The maximum absolute atomic E-state index is 13.0. The van der Waals surface area contributed by atoms with Crippen LogP contribution in [0.4, 0.5) is 4.39 Å². The molecule has 0 aliphatic rings. The molecule has 0 unspecified atom stereocenters. The molecular weight excluding hydrogens is 365 g/mol. The highest BCUT2D eigenvalue weighted by Gasteiger charge is 2.06. The summed E-state index contributed by atoms with van der Waals surface area (Å²) in [4.78, 5) is 11.9. The van der Waals surface area contributed by atoms with Crippen molar-refractivity contribution in [3.63, 3.8) is 0 Å². The summed E-state index contributed by atoms with van der Waals surface area (Å²) < 4.78 is 15.9. The topological polar surface area (TPSA) is 22.0 Å². The third-order valence-electron chi connectivity index (χ3n) is 2.65. The van der Waals surface area contributed by atoms with Gasteiger partial charge in [0.2, 0.25) is 0 Å². The van der Waals surface area contributed by atoms with Gasteiger partial charge in [0.25, 0.3) is 5.56 Å². The summed E-state index contributed by atoms with van der Waals surface area (Å²) in [5.74, 6) is -0.265. The second-order valence-corrected chi connectivity index (χ2v) is 5.78. The number of pyridine rings is 1. The van der Waals surface area contributed by atoms with Crippen molar-refractivity contribution in [2.24, 2.45) is 0 Å². The van der Waals surface area contributed by atoms with Crippen LogP contribution in [0.15, 0.2) is 44.2 Å². The summed E-state index contributed by atoms with van der Waals surface area (Å²) in [7, 11) is 0. The molecule has 5 heteroatoms. The number of hydrogen-bond donors (Lipinski definition) is 0. The summed E-state index contributed by atoms with van der Waals surface area (Å²) in [6.45, 7) is 2.25. The summed E-state index contributed by atoms with van der Waals surface area (Å²) in [5, 5.41) is 0. The first-order chi connectivity index (χ1) is 8.47. The van der Waals surface area contributed by atoms with E-state index in [2.05, 4.69) is 31.9 Å². The Morgan fingerprint density at radius 1 is 1.28 bits per heavy atom. The molecule has 1 aromatic heterocycles. The van der Waals surface area contributed by atoms with Gasteiger partial charge in [-0.3, -0.25) is 4.79 Å². The molecule has 0 N–H and O–H groups in total. The molecule has 2 nitrogen and oxygen atoms in total. The number of rotatable bonds is 2. The number of nitrogens with zero attached hydrogens (tertiary/aromatic N) is 1. The van der Waals surface area contributed by atoms with Crippen LogP contribution in [0.3, 0.4) is 0 Å². The van der Waals surface area contributed by atoms with Crippen molar-refractivity contribution in [3.05, 3.63) is 66.7 Å². The zero-order valence-electron chi connectivity index (χ0n) is 9.58. The molecule has 0 aliphatic heterocycles. The molecule has 1 aromatic carbocycles. The molecule has 0 fully saturated rings. The van der Waals surface area contributed by atoms with Crippen LogP contribution in [0.5, 0.6) is 0 Å². The van der Waals surface area contributed by atoms with Crippen LogP contribution in [-0.4, -0.2) is 4.57 Å². The Balaban J connectivity index is 2.43. The number of aromatic nitrogens is 1. The predicted octanol–water partition coefficient (Wildman–Crippen LogP) is 3.87. The molecule has 0 aliphatic carbocycles. The minimum Gasteiger partial charge on any atom is -0.309 e. The van der Waals surface area contributed by atoms with E-state index in [0.717, 1.165) is 15.6 Å². The first-order valence-corrected chi connectivity index (χ1v) is 6.86. The van der Waals surface area contributed by atoms with Gasteiger partial charge in [-0.2, -0.15) is 0 Å². The van der Waals surface area contributed by atoms with E-state index < -0.39 is 0 Å². The highest BCUT2D eigenvalue weighted by atomic mass is 79.9. The molecule has 1 heterocycles. The zero-order valence-corrected chi connectivity index (χ0v) is 12.8. The van der Waals surface area contributed by atoms with Gasteiger partial charge in [0, 0.05) is 10.7 Å². The quantitative estimate of drug-likeness (QED) is 0.782. The van der Waals surface area contributed by atoms with Crippen molar-refractivity contribution in [2.75, 3.05) is 0 Å². The second kappa shape index (κ2) is 5.36. The van der Waals surface area contributed by atoms with E-state index in [0.29, 0.717) is 11.0 Å². The molecule has 18 heavy (non-hydrogen) atoms. The SMILES string of the molecule is Cc1cc(F)ccc1Cn1cc(Br)cc(Br)c1=O. The lowest BCUT2D eigenvalue weighted by molar-refractivity contribution is 0.624. The lowest BCUT2D eigenvalue weighted by Gasteiger charge is -2.10. The summed E-state index contributed by atoms with van der Waals surface area (Å²) in [6.07, 6.45) is 1.72. The summed E-state index contributed by atoms with van der Waals surface area (Å²) >= 11 is 6.56. The van der Waals surface area contributed by atoms with Gasteiger partial charge < -0.3 is 4.57 Å². The van der Waals surface area contributed by atoms with Gasteiger partial charge in [0.1, 0.15) is 5.82 Å². The maximum Gasteiger partial charge on any atom is 0.265 e. The first-order valence-electron chi connectivity index (χ1n) is 5.28. The van der Waals surface area contributed by atoms with Crippen molar-refractivity contribution in [2.45, 2.75) is 13.5 Å². The maximum atomic E-state index is 13.0. The molecule has 0 atom stereocenters. The highest BCUT2D eigenvalue weighted by molar-refractivity contribution is 9.11. The normalized spacial score (nSPS) is 10.7. The standard InChI is InChI=1S/C13H10Br2FNO/c1-8-4-11(16)3-2-9(8)6-17-7-10(14)5-12(15)13(17)18/h2-5,7H,6H2,1H3. The van der Waals surface area contributed by atoms with E-state index >= 15 is 0 Å². The van der Waals surface area contributed by atoms with E-state index in [1.54, 1.807) is 22.9 Å². The van der Waals surface area contributed by atoms with Crippen LogP contribution in [0, 0.1) is 12.7 Å². The zero-order chi connectivity index (χ0) is 13.3. The molecule has 0 spiro atoms. The fourth-order valence-corrected chi connectivity index (χ4v) is 2.96. The monoisotopic (exact) mass is 373 g/mol. The molecule has 2 aromatic rings. The van der Waals surface area contributed by atoms with Crippen LogP contribution in [0.1, 0.15) is 11.1 Å². The number of benzene rings is 1. The van der Waals surface area contributed by atoms with Gasteiger partial charge in [-0.25, -0.2) is 4.39 Å². The van der Waals surface area contributed by atoms with Crippen LogP contribution >= 0.6 is 31.9 Å². The molecule has 0 saturated heterocycles. The largest absolute Gasteiger partial charge is 0.309 e. The van der Waals surface area contributed by atoms with Gasteiger partial charge in [-0.05, 0) is 68.1 Å². The van der Waals surface area contributed by atoms with Crippen molar-refractivity contribution in [1.82, 2.24) is 4.57 Å². The predicted molar refractivity (Wildman–Crippen MR) is 76.3 cm³/mol. The van der Waals surface area contributed by atoms with E-state index in [9.17, 15) is 9.18 Å². The van der Waals surface area contributed by atoms with Gasteiger partial charge in [-0.1, -0.05) is 6.07 Å². The second-order valence-electron chi connectivity index (χ2n) is 4.01. The van der Waals surface area contributed by atoms with Gasteiger partial charge in [0.05, 0.1) is 11.0 Å². The minimum absolute atomic E-state index is 0.109. The molecular formula is C13H10Br2FNO. The van der Waals surface area contributed by atoms with Gasteiger partial charge in [0.15, 0.2) is 0 Å². The summed E-state index contributed by atoms with van der Waals surface area (Å²) in [5.41, 5.74) is 1.64. The van der Waals surface area contributed by atoms with E-state index in [-0.39, 0.29) is 11.4 Å². The Morgan fingerprint density at radius 3 is 2.67 bits per heavy atom. The number of hydrogen-bond acceptors (Lipinski definition) is 1. The molecule has 0 radical (unpaired) electrons. The van der Waals surface area contributed by atoms with Crippen molar-refractivity contribution in [3.8, 4) is 0 Å². The highest BCUT2D eigenvalue weighted by Crippen LogP contribution is 2.15. The third kappa shape index (κ3) is 2.90. The number of aryl methyl sites for hydroxylation is 1. The third-order valence-corrected chi connectivity index (χ3v) is 3.66. The average Bonchev–Trinajstić information content (AvgIpc) is 2.29. The van der Waals surface area contributed by atoms with Crippen LogP contribution in [-0.2, 0) is 6.54 Å². The van der Waals surface area contributed by atoms with Crippen LogP contribution in [0.2, 0.25) is 0 Å². The Labute approximate surface area is 121 Å². The Kier molecular flexibility index (Phi) is 4.02. The molecule has 2 rings (SSSR count). The first kappa shape index (κ1) is 13.5. The lowest BCUT2D eigenvalue weighted by Crippen LogP contribution is -2.21. The van der Waals surface area contributed by atoms with E-state index in [1.807, 2.05) is 6.92 Å². The molecule has 94 valence electrons. The van der Waals surface area contributed by atoms with Gasteiger partial charge in [-0.15, -0.1) is 0 Å². The fraction of sp³-hybridized carbons (Fsp3) is 0.154. The molecule has 0 amide bonds. The van der Waals surface area contributed by atoms with E-state index in [4.69, 9.17) is 0 Å². The van der Waals surface area contributed by atoms with Crippen LogP contribution < -0.4 is 5.56 Å².